The number of aliphatic hydroxyl groups excluding tert-OH is 1. The molecule has 5 aliphatic rings. The zero-order chi connectivity index (χ0) is 26.5. The second-order valence-corrected chi connectivity index (χ2v) is 15.5. The quantitative estimate of drug-likeness (QED) is 0.466. The molecule has 5 rings (SSSR count). The third-order valence-electron chi connectivity index (χ3n) is 13.3. The lowest BCUT2D eigenvalue weighted by Gasteiger charge is -2.72. The fraction of sp³-hybridized carbons (Fsp3) is 0.844. The summed E-state index contributed by atoms with van der Waals surface area (Å²) in [7, 11) is 0. The molecule has 0 aromatic heterocycles. The lowest BCUT2D eigenvalue weighted by atomic mass is 9.31. The number of carbonyl (C=O) groups is 2. The Bertz CT molecular complexity index is 1060. The summed E-state index contributed by atoms with van der Waals surface area (Å²) >= 11 is 0. The molecule has 0 unspecified atom stereocenters. The summed E-state index contributed by atoms with van der Waals surface area (Å²) in [4.78, 5) is 27.6. The van der Waals surface area contributed by atoms with Gasteiger partial charge in [0.25, 0.3) is 0 Å². The summed E-state index contributed by atoms with van der Waals surface area (Å²) in [6, 6.07) is 2.22. The van der Waals surface area contributed by atoms with Crippen LogP contribution in [0, 0.1) is 67.5 Å². The summed E-state index contributed by atoms with van der Waals surface area (Å²) in [5, 5.41) is 20.0. The van der Waals surface area contributed by atoms with Crippen LogP contribution in [0.3, 0.4) is 0 Å². The van der Waals surface area contributed by atoms with E-state index in [0.717, 1.165) is 44.9 Å². The van der Waals surface area contributed by atoms with Gasteiger partial charge in [-0.2, -0.15) is 5.26 Å². The topological polar surface area (TPSA) is 78.2 Å². The number of fused-ring (bicyclic) bond motifs is 7. The molecule has 0 aromatic rings. The van der Waals surface area contributed by atoms with Crippen LogP contribution in [0.4, 0.5) is 0 Å². The molecule has 0 radical (unpaired) electrons. The average Bonchev–Trinajstić information content (AvgIpc) is 2.79. The van der Waals surface area contributed by atoms with E-state index >= 15 is 0 Å². The number of nitriles is 1. The molecule has 36 heavy (non-hydrogen) atoms. The second kappa shape index (κ2) is 7.78. The van der Waals surface area contributed by atoms with Crippen LogP contribution >= 0.6 is 0 Å². The first kappa shape index (κ1) is 26.1. The molecule has 4 saturated carbocycles. The van der Waals surface area contributed by atoms with Gasteiger partial charge < -0.3 is 5.11 Å². The van der Waals surface area contributed by atoms with E-state index in [0.29, 0.717) is 23.7 Å². The molecule has 0 saturated heterocycles. The summed E-state index contributed by atoms with van der Waals surface area (Å²) < 4.78 is 0. The van der Waals surface area contributed by atoms with E-state index in [-0.39, 0.29) is 57.2 Å². The van der Waals surface area contributed by atoms with Crippen molar-refractivity contribution in [1.82, 2.24) is 0 Å². The van der Waals surface area contributed by atoms with Gasteiger partial charge in [-0.3, -0.25) is 9.59 Å². The van der Waals surface area contributed by atoms with Gasteiger partial charge in [-0.05, 0) is 96.2 Å². The third-order valence-corrected chi connectivity index (χ3v) is 13.3. The largest absolute Gasteiger partial charge is 0.396 e. The van der Waals surface area contributed by atoms with E-state index < -0.39 is 5.41 Å². The minimum atomic E-state index is -0.590. The number of carbonyl (C=O) groups excluding carboxylic acids is 2. The monoisotopic (exact) mass is 493 g/mol. The first-order valence-electron chi connectivity index (χ1n) is 14.4. The predicted molar refractivity (Wildman–Crippen MR) is 141 cm³/mol. The maximum Gasteiger partial charge on any atom is 0.178 e. The van der Waals surface area contributed by atoms with E-state index in [2.05, 4.69) is 40.7 Å². The molecule has 0 heterocycles. The van der Waals surface area contributed by atoms with Gasteiger partial charge in [0.2, 0.25) is 0 Å². The van der Waals surface area contributed by atoms with E-state index in [1.165, 1.54) is 6.42 Å². The highest BCUT2D eigenvalue weighted by Gasteiger charge is 2.71. The van der Waals surface area contributed by atoms with Crippen molar-refractivity contribution in [1.29, 1.82) is 5.26 Å². The van der Waals surface area contributed by atoms with Crippen molar-refractivity contribution in [2.75, 3.05) is 6.61 Å². The highest BCUT2D eigenvalue weighted by Crippen LogP contribution is 2.76. The molecule has 4 fully saturated rings. The first-order chi connectivity index (χ1) is 16.6. The Hall–Kier alpha value is -1.47. The van der Waals surface area contributed by atoms with Gasteiger partial charge in [-0.15, -0.1) is 0 Å². The maximum atomic E-state index is 14.4. The van der Waals surface area contributed by atoms with Crippen LogP contribution in [0.1, 0.15) is 106 Å². The second-order valence-electron chi connectivity index (χ2n) is 15.5. The van der Waals surface area contributed by atoms with Crippen LogP contribution < -0.4 is 0 Å². The fourth-order valence-electron chi connectivity index (χ4n) is 11.1. The van der Waals surface area contributed by atoms with Crippen molar-refractivity contribution in [3.63, 3.8) is 0 Å². The third kappa shape index (κ3) is 3.14. The van der Waals surface area contributed by atoms with Crippen molar-refractivity contribution in [3.05, 3.63) is 11.6 Å². The zero-order valence-electron chi connectivity index (χ0n) is 23.7. The first-order valence-corrected chi connectivity index (χ1v) is 14.4. The highest BCUT2D eigenvalue weighted by atomic mass is 16.3. The van der Waals surface area contributed by atoms with Crippen LogP contribution in [0.25, 0.3) is 0 Å². The standard InChI is InChI=1S/C32H47NO3/c1-27(2)10-12-32(14-15-34)13-11-31(7)25(21(32)18-27)22(35)16-24-29(5)17-20(19-33)26(36)28(3,4)23(29)8-9-30(24,31)6/h17,21,23-25,34H,8-16,18H2,1-7H3/t21-,23+,24-,25+,29+,30-,31-,32-/m1/s1. The molecule has 0 aromatic carbocycles. The number of ketones is 2. The van der Waals surface area contributed by atoms with Crippen LogP contribution in [0.5, 0.6) is 0 Å². The normalized spacial score (nSPS) is 49.0. The fourth-order valence-corrected chi connectivity index (χ4v) is 11.1. The van der Waals surface area contributed by atoms with Crippen LogP contribution in [-0.4, -0.2) is 23.3 Å². The molecule has 5 aliphatic carbocycles. The minimum Gasteiger partial charge on any atom is -0.396 e. The molecule has 4 nitrogen and oxygen atoms in total. The molecule has 1 N–H and O–H groups in total. The van der Waals surface area contributed by atoms with Gasteiger partial charge in [-0.25, -0.2) is 0 Å². The van der Waals surface area contributed by atoms with Crippen molar-refractivity contribution in [2.24, 2.45) is 56.2 Å². The number of rotatable bonds is 2. The molecular formula is C32H47NO3. The summed E-state index contributed by atoms with van der Waals surface area (Å²) in [6.07, 6.45) is 10.9. The molecule has 0 bridgehead atoms. The molecular weight excluding hydrogens is 446 g/mol. The Morgan fingerprint density at radius 2 is 1.61 bits per heavy atom. The Balaban J connectivity index is 1.63. The predicted octanol–water partition coefficient (Wildman–Crippen LogP) is 6.67. The van der Waals surface area contributed by atoms with Gasteiger partial charge in [0.1, 0.15) is 11.9 Å². The van der Waals surface area contributed by atoms with Crippen molar-refractivity contribution in [3.8, 4) is 6.07 Å². The van der Waals surface area contributed by atoms with Crippen molar-refractivity contribution in [2.45, 2.75) is 106 Å². The van der Waals surface area contributed by atoms with E-state index in [9.17, 15) is 20.0 Å². The Morgan fingerprint density at radius 1 is 0.944 bits per heavy atom. The van der Waals surface area contributed by atoms with E-state index in [1.807, 2.05) is 19.9 Å². The average molecular weight is 494 g/mol. The number of nitrogens with zero attached hydrogens (tertiary/aromatic N) is 1. The number of Topliss-reactive ketones (excluding diaryl/α,β-unsaturated/α-hetero) is 2. The highest BCUT2D eigenvalue weighted by molar-refractivity contribution is 6.04. The lowest BCUT2D eigenvalue weighted by Crippen LogP contribution is -2.68. The molecule has 0 aliphatic heterocycles. The summed E-state index contributed by atoms with van der Waals surface area (Å²) in [6.45, 7) is 16.1. The molecule has 8 atom stereocenters. The number of aliphatic hydroxyl groups is 1. The van der Waals surface area contributed by atoms with Gasteiger partial charge in [0.15, 0.2) is 5.78 Å². The zero-order valence-corrected chi connectivity index (χ0v) is 23.7. The summed E-state index contributed by atoms with van der Waals surface area (Å²) in [5.41, 5.74) is -0.468. The number of allylic oxidation sites excluding steroid dienone is 2. The van der Waals surface area contributed by atoms with Crippen molar-refractivity contribution >= 4 is 11.6 Å². The summed E-state index contributed by atoms with van der Waals surface area (Å²) in [5.74, 6) is 1.03. The van der Waals surface area contributed by atoms with Gasteiger partial charge in [-0.1, -0.05) is 54.5 Å². The van der Waals surface area contributed by atoms with Crippen molar-refractivity contribution < 1.29 is 14.7 Å². The smallest absolute Gasteiger partial charge is 0.178 e. The minimum absolute atomic E-state index is 0.0295. The van der Waals surface area contributed by atoms with Gasteiger partial charge >= 0.3 is 0 Å². The van der Waals surface area contributed by atoms with Gasteiger partial charge in [0.05, 0.1) is 5.57 Å². The lowest BCUT2D eigenvalue weighted by molar-refractivity contribution is -0.224. The Morgan fingerprint density at radius 3 is 2.25 bits per heavy atom. The van der Waals surface area contributed by atoms with Gasteiger partial charge in [0, 0.05) is 24.4 Å². The van der Waals surface area contributed by atoms with Crippen LogP contribution in [-0.2, 0) is 9.59 Å². The molecule has 198 valence electrons. The molecule has 4 heteroatoms. The SMILES string of the molecule is CC1(C)CC[C@]2(CCO)CC[C@]3(C)[C@H](C(=O)C[C@@H]4[C@@]5(C)C=C(C#N)C(=O)C(C)(C)[C@@H]5CC[C@]43C)[C@H]2C1. The van der Waals surface area contributed by atoms with Crippen LogP contribution in [0.2, 0.25) is 0 Å². The molecule has 0 amide bonds. The number of hydrogen-bond acceptors (Lipinski definition) is 4. The Kier molecular flexibility index (Phi) is 5.65. The van der Waals surface area contributed by atoms with Crippen LogP contribution in [0.15, 0.2) is 11.6 Å². The molecule has 0 spiro atoms. The number of hydrogen-bond donors (Lipinski definition) is 1. The van der Waals surface area contributed by atoms with E-state index in [4.69, 9.17) is 0 Å². The Labute approximate surface area is 218 Å². The maximum absolute atomic E-state index is 14.4. The van der Waals surface area contributed by atoms with E-state index in [1.54, 1.807) is 0 Å².